The van der Waals surface area contributed by atoms with Gasteiger partial charge in [0, 0.05) is 16.5 Å². The molecule has 0 unspecified atom stereocenters. The molecule has 2 aliphatic carbocycles. The standard InChI is InChI=1S/C19H26O3/c1-5-19(4)10-8-11-12-7-6-9-18(2,3)14(12)16(21)15(20)13(11)17(19)22/h5,17,20-22H,1,6-10H2,2-4H3/t17-,19+/m1/s1. The van der Waals surface area contributed by atoms with E-state index in [2.05, 4.69) is 20.4 Å². The van der Waals surface area contributed by atoms with E-state index in [1.54, 1.807) is 6.08 Å². The van der Waals surface area contributed by atoms with Crippen LogP contribution in [-0.4, -0.2) is 15.3 Å². The minimum atomic E-state index is -0.824. The smallest absolute Gasteiger partial charge is 0.163 e. The van der Waals surface area contributed by atoms with Gasteiger partial charge in [-0.05, 0) is 48.6 Å². The molecule has 22 heavy (non-hydrogen) atoms. The van der Waals surface area contributed by atoms with E-state index in [1.165, 1.54) is 0 Å². The minimum Gasteiger partial charge on any atom is -0.504 e. The van der Waals surface area contributed by atoms with Gasteiger partial charge in [0.25, 0.3) is 0 Å². The lowest BCUT2D eigenvalue weighted by Crippen LogP contribution is -2.32. The zero-order valence-electron chi connectivity index (χ0n) is 13.7. The van der Waals surface area contributed by atoms with Crippen LogP contribution in [0.4, 0.5) is 0 Å². The summed E-state index contributed by atoms with van der Waals surface area (Å²) in [6.07, 6.45) is 5.54. The lowest BCUT2D eigenvalue weighted by atomic mass is 9.64. The maximum absolute atomic E-state index is 10.8. The van der Waals surface area contributed by atoms with E-state index in [-0.39, 0.29) is 16.9 Å². The van der Waals surface area contributed by atoms with Gasteiger partial charge in [-0.2, -0.15) is 0 Å². The molecule has 3 rings (SSSR count). The second kappa shape index (κ2) is 4.76. The molecule has 0 fully saturated rings. The van der Waals surface area contributed by atoms with Gasteiger partial charge in [0.1, 0.15) is 0 Å². The number of benzene rings is 1. The molecule has 1 aromatic rings. The fourth-order valence-corrected chi connectivity index (χ4v) is 4.34. The molecule has 120 valence electrons. The summed E-state index contributed by atoms with van der Waals surface area (Å²) in [6.45, 7) is 10.0. The molecule has 0 saturated heterocycles. The van der Waals surface area contributed by atoms with Crippen LogP contribution in [0.25, 0.3) is 0 Å². The van der Waals surface area contributed by atoms with Crippen LogP contribution in [-0.2, 0) is 18.3 Å². The van der Waals surface area contributed by atoms with Crippen molar-refractivity contribution >= 4 is 0 Å². The summed E-state index contributed by atoms with van der Waals surface area (Å²) >= 11 is 0. The third-order valence-corrected chi connectivity index (χ3v) is 5.89. The van der Waals surface area contributed by atoms with Gasteiger partial charge in [-0.25, -0.2) is 0 Å². The van der Waals surface area contributed by atoms with Crippen molar-refractivity contribution in [2.75, 3.05) is 0 Å². The van der Waals surface area contributed by atoms with Crippen molar-refractivity contribution in [1.82, 2.24) is 0 Å². The Hall–Kier alpha value is -1.48. The highest BCUT2D eigenvalue weighted by Crippen LogP contribution is 2.55. The molecule has 0 spiro atoms. The summed E-state index contributed by atoms with van der Waals surface area (Å²) in [5.74, 6) is -0.171. The number of rotatable bonds is 1. The van der Waals surface area contributed by atoms with E-state index in [0.29, 0.717) is 5.56 Å². The molecule has 3 nitrogen and oxygen atoms in total. The summed E-state index contributed by atoms with van der Waals surface area (Å²) in [6, 6.07) is 0. The Balaban J connectivity index is 2.30. The highest BCUT2D eigenvalue weighted by molar-refractivity contribution is 5.63. The quantitative estimate of drug-likeness (QED) is 0.545. The van der Waals surface area contributed by atoms with Gasteiger partial charge in [-0.3, -0.25) is 0 Å². The van der Waals surface area contributed by atoms with Gasteiger partial charge in [-0.1, -0.05) is 26.8 Å². The summed E-state index contributed by atoms with van der Waals surface area (Å²) in [7, 11) is 0. The van der Waals surface area contributed by atoms with Crippen LogP contribution in [0.5, 0.6) is 11.5 Å². The van der Waals surface area contributed by atoms with E-state index >= 15 is 0 Å². The Kier molecular flexibility index (Phi) is 3.33. The van der Waals surface area contributed by atoms with E-state index in [1.807, 2.05) is 6.92 Å². The molecule has 3 N–H and O–H groups in total. The number of aliphatic hydroxyl groups excluding tert-OH is 1. The zero-order valence-corrected chi connectivity index (χ0v) is 13.7. The minimum absolute atomic E-state index is 0.0363. The third-order valence-electron chi connectivity index (χ3n) is 5.89. The molecular weight excluding hydrogens is 276 g/mol. The number of phenols is 2. The van der Waals surface area contributed by atoms with Crippen molar-refractivity contribution in [3.05, 3.63) is 34.9 Å². The first kappa shape index (κ1) is 15.4. The number of hydrogen-bond donors (Lipinski definition) is 3. The molecule has 1 aromatic carbocycles. The average molecular weight is 302 g/mol. The van der Waals surface area contributed by atoms with Gasteiger partial charge in [0.15, 0.2) is 11.5 Å². The van der Waals surface area contributed by atoms with E-state index < -0.39 is 11.5 Å². The Morgan fingerprint density at radius 2 is 1.73 bits per heavy atom. The number of hydrogen-bond acceptors (Lipinski definition) is 3. The van der Waals surface area contributed by atoms with Gasteiger partial charge < -0.3 is 15.3 Å². The van der Waals surface area contributed by atoms with Crippen LogP contribution in [0.3, 0.4) is 0 Å². The maximum atomic E-state index is 10.8. The Morgan fingerprint density at radius 3 is 2.36 bits per heavy atom. The van der Waals surface area contributed by atoms with E-state index in [4.69, 9.17) is 0 Å². The summed E-state index contributed by atoms with van der Waals surface area (Å²) in [5.41, 5.74) is 2.98. The lowest BCUT2D eigenvalue weighted by molar-refractivity contribution is 0.0516. The highest BCUT2D eigenvalue weighted by Gasteiger charge is 2.43. The first-order chi connectivity index (χ1) is 10.2. The molecule has 0 bridgehead atoms. The van der Waals surface area contributed by atoms with Crippen LogP contribution in [0.15, 0.2) is 12.7 Å². The normalized spacial score (nSPS) is 29.5. The summed E-state index contributed by atoms with van der Waals surface area (Å²) in [5, 5.41) is 32.0. The van der Waals surface area contributed by atoms with Gasteiger partial charge >= 0.3 is 0 Å². The molecule has 0 amide bonds. The van der Waals surface area contributed by atoms with Crippen molar-refractivity contribution in [3.63, 3.8) is 0 Å². The Bertz CT molecular complexity index is 645. The average Bonchev–Trinajstić information content (AvgIpc) is 2.46. The molecule has 2 aliphatic rings. The zero-order chi connectivity index (χ0) is 16.3. The number of aliphatic hydroxyl groups is 1. The van der Waals surface area contributed by atoms with Crippen LogP contribution < -0.4 is 0 Å². The van der Waals surface area contributed by atoms with Crippen molar-refractivity contribution in [1.29, 1.82) is 0 Å². The predicted octanol–water partition coefficient (Wildman–Crippen LogP) is 3.88. The van der Waals surface area contributed by atoms with Crippen LogP contribution in [0, 0.1) is 5.41 Å². The number of fused-ring (bicyclic) bond motifs is 3. The lowest BCUT2D eigenvalue weighted by Gasteiger charge is -2.42. The molecule has 0 aliphatic heterocycles. The predicted molar refractivity (Wildman–Crippen MR) is 87.3 cm³/mol. The van der Waals surface area contributed by atoms with Gasteiger partial charge in [0.05, 0.1) is 6.10 Å². The molecule has 3 heteroatoms. The van der Waals surface area contributed by atoms with Gasteiger partial charge in [-0.15, -0.1) is 6.58 Å². The Labute approximate surface area is 132 Å². The fourth-order valence-electron chi connectivity index (χ4n) is 4.34. The van der Waals surface area contributed by atoms with Crippen LogP contribution in [0.2, 0.25) is 0 Å². The first-order valence-electron chi connectivity index (χ1n) is 8.14. The van der Waals surface area contributed by atoms with Crippen LogP contribution >= 0.6 is 0 Å². The monoisotopic (exact) mass is 302 g/mol. The second-order valence-corrected chi connectivity index (χ2v) is 7.79. The second-order valence-electron chi connectivity index (χ2n) is 7.79. The van der Waals surface area contributed by atoms with Crippen LogP contribution in [0.1, 0.15) is 68.4 Å². The van der Waals surface area contributed by atoms with E-state index in [9.17, 15) is 15.3 Å². The van der Waals surface area contributed by atoms with Crippen molar-refractivity contribution in [2.24, 2.45) is 5.41 Å². The topological polar surface area (TPSA) is 60.7 Å². The van der Waals surface area contributed by atoms with Crippen molar-refractivity contribution in [2.45, 2.75) is 64.4 Å². The summed E-state index contributed by atoms with van der Waals surface area (Å²) in [4.78, 5) is 0. The van der Waals surface area contributed by atoms with Crippen molar-refractivity contribution in [3.8, 4) is 11.5 Å². The number of phenolic OH excluding ortho intramolecular Hbond substituents is 2. The largest absolute Gasteiger partial charge is 0.504 e. The highest BCUT2D eigenvalue weighted by atomic mass is 16.3. The molecular formula is C19H26O3. The number of aromatic hydroxyl groups is 2. The molecule has 0 heterocycles. The first-order valence-corrected chi connectivity index (χ1v) is 8.14. The molecule has 2 atom stereocenters. The third kappa shape index (κ3) is 1.91. The molecule has 0 radical (unpaired) electrons. The Morgan fingerprint density at radius 1 is 1.05 bits per heavy atom. The van der Waals surface area contributed by atoms with Crippen molar-refractivity contribution < 1.29 is 15.3 Å². The SMILES string of the molecule is C=C[C@@]1(C)CCc2c3c(c(O)c(O)c2[C@H]1O)C(C)(C)CCC3. The molecule has 0 aromatic heterocycles. The maximum Gasteiger partial charge on any atom is 0.163 e. The van der Waals surface area contributed by atoms with E-state index in [0.717, 1.165) is 48.8 Å². The fraction of sp³-hybridized carbons (Fsp3) is 0.579. The summed E-state index contributed by atoms with van der Waals surface area (Å²) < 4.78 is 0. The molecule has 0 saturated carbocycles. The van der Waals surface area contributed by atoms with Gasteiger partial charge in [0.2, 0.25) is 0 Å².